The highest BCUT2D eigenvalue weighted by molar-refractivity contribution is 5.95. The lowest BCUT2D eigenvalue weighted by Gasteiger charge is -2.36. The Kier molecular flexibility index (Phi) is 7.93. The lowest BCUT2D eigenvalue weighted by Crippen LogP contribution is -2.52. The van der Waals surface area contributed by atoms with Gasteiger partial charge in [0.1, 0.15) is 5.75 Å². The van der Waals surface area contributed by atoms with Crippen LogP contribution in [0.25, 0.3) is 0 Å². The standard InChI is InChI=1S/C22H30N4O6/c1-4-31-20(27)18-17(14-25-10-12-26(13-11-25)22(29)32-5-2)23-21(28)24-19(18)15-6-8-16(30-3)9-7-15/h6-9,19H,4-5,10-14H2,1-3H3,(H2,23,24,28)/t19-/m1/s1. The summed E-state index contributed by atoms with van der Waals surface area (Å²) in [6.45, 7) is 6.62. The maximum absolute atomic E-state index is 12.9. The van der Waals surface area contributed by atoms with Crippen LogP contribution in [0.1, 0.15) is 25.5 Å². The SMILES string of the molecule is CCOC(=O)C1=C(CN2CCN(C(=O)OCC)CC2)NC(=O)N[C@@H]1c1ccc(OC)cc1. The van der Waals surface area contributed by atoms with E-state index in [9.17, 15) is 14.4 Å². The number of esters is 1. The van der Waals surface area contributed by atoms with E-state index in [2.05, 4.69) is 15.5 Å². The molecule has 0 unspecified atom stereocenters. The molecule has 10 heteroatoms. The van der Waals surface area contributed by atoms with E-state index in [1.807, 2.05) is 12.1 Å². The Balaban J connectivity index is 1.83. The molecule has 1 atom stereocenters. The Morgan fingerprint density at radius 2 is 1.69 bits per heavy atom. The van der Waals surface area contributed by atoms with Crippen molar-refractivity contribution in [2.75, 3.05) is 53.0 Å². The zero-order valence-electron chi connectivity index (χ0n) is 18.7. The molecule has 2 aliphatic rings. The number of hydrogen-bond acceptors (Lipinski definition) is 7. The van der Waals surface area contributed by atoms with Crippen molar-refractivity contribution in [1.29, 1.82) is 0 Å². The third kappa shape index (κ3) is 5.50. The molecule has 3 rings (SSSR count). The monoisotopic (exact) mass is 446 g/mol. The summed E-state index contributed by atoms with van der Waals surface area (Å²) in [6.07, 6.45) is -0.326. The summed E-state index contributed by atoms with van der Waals surface area (Å²) in [7, 11) is 1.57. The zero-order valence-corrected chi connectivity index (χ0v) is 18.7. The first-order valence-corrected chi connectivity index (χ1v) is 10.7. The summed E-state index contributed by atoms with van der Waals surface area (Å²) >= 11 is 0. The lowest BCUT2D eigenvalue weighted by atomic mass is 9.94. The van der Waals surface area contributed by atoms with Crippen molar-refractivity contribution in [1.82, 2.24) is 20.4 Å². The summed E-state index contributed by atoms with van der Waals surface area (Å²) < 4.78 is 15.6. The Labute approximate surface area is 187 Å². The van der Waals surface area contributed by atoms with Gasteiger partial charge in [-0.05, 0) is 31.5 Å². The van der Waals surface area contributed by atoms with Crippen LogP contribution >= 0.6 is 0 Å². The number of hydrogen-bond donors (Lipinski definition) is 2. The first-order chi connectivity index (χ1) is 15.5. The van der Waals surface area contributed by atoms with Gasteiger partial charge in [0.2, 0.25) is 0 Å². The highest BCUT2D eigenvalue weighted by Crippen LogP contribution is 2.29. The molecule has 1 saturated heterocycles. The topological polar surface area (TPSA) is 109 Å². The minimum Gasteiger partial charge on any atom is -0.497 e. The van der Waals surface area contributed by atoms with Crippen LogP contribution in [-0.2, 0) is 14.3 Å². The largest absolute Gasteiger partial charge is 0.497 e. The Morgan fingerprint density at radius 1 is 1.03 bits per heavy atom. The molecule has 2 N–H and O–H groups in total. The van der Waals surface area contributed by atoms with Gasteiger partial charge in [0.15, 0.2) is 0 Å². The van der Waals surface area contributed by atoms with Crippen molar-refractivity contribution in [3.63, 3.8) is 0 Å². The molecule has 0 aromatic heterocycles. The summed E-state index contributed by atoms with van der Waals surface area (Å²) in [5, 5.41) is 5.61. The molecule has 0 bridgehead atoms. The number of carbonyl (C=O) groups is 3. The number of ether oxygens (including phenoxy) is 3. The van der Waals surface area contributed by atoms with Gasteiger partial charge >= 0.3 is 18.1 Å². The number of amides is 3. The number of nitrogens with one attached hydrogen (secondary N) is 2. The third-order valence-electron chi connectivity index (χ3n) is 5.38. The van der Waals surface area contributed by atoms with Gasteiger partial charge in [-0.1, -0.05) is 12.1 Å². The smallest absolute Gasteiger partial charge is 0.409 e. The van der Waals surface area contributed by atoms with Gasteiger partial charge in [-0.2, -0.15) is 0 Å². The number of urea groups is 1. The van der Waals surface area contributed by atoms with Gasteiger partial charge in [0.05, 0.1) is 31.9 Å². The molecule has 0 radical (unpaired) electrons. The maximum atomic E-state index is 12.9. The van der Waals surface area contributed by atoms with Crippen molar-refractivity contribution in [2.45, 2.75) is 19.9 Å². The number of piperazine rings is 1. The molecule has 0 aliphatic carbocycles. The van der Waals surface area contributed by atoms with Crippen LogP contribution in [0.2, 0.25) is 0 Å². The quantitative estimate of drug-likeness (QED) is 0.613. The van der Waals surface area contributed by atoms with Crippen molar-refractivity contribution < 1.29 is 28.6 Å². The number of rotatable bonds is 7. The average Bonchev–Trinajstić information content (AvgIpc) is 2.79. The van der Waals surface area contributed by atoms with Gasteiger partial charge in [-0.25, -0.2) is 14.4 Å². The summed E-state index contributed by atoms with van der Waals surface area (Å²) in [6, 6.07) is 6.14. The highest BCUT2D eigenvalue weighted by atomic mass is 16.6. The van der Waals surface area contributed by atoms with Crippen LogP contribution in [0.4, 0.5) is 9.59 Å². The Bertz CT molecular complexity index is 862. The van der Waals surface area contributed by atoms with E-state index in [4.69, 9.17) is 14.2 Å². The molecule has 174 valence electrons. The minimum absolute atomic E-state index is 0.219. The molecular formula is C22H30N4O6. The normalized spacial score (nSPS) is 19.2. The van der Waals surface area contributed by atoms with Crippen LogP contribution in [0.5, 0.6) is 5.75 Å². The molecule has 2 heterocycles. The lowest BCUT2D eigenvalue weighted by molar-refractivity contribution is -0.139. The second kappa shape index (κ2) is 10.9. The van der Waals surface area contributed by atoms with E-state index in [1.165, 1.54) is 0 Å². The predicted octanol–water partition coefficient (Wildman–Crippen LogP) is 1.64. The van der Waals surface area contributed by atoms with Crippen LogP contribution in [-0.4, -0.2) is 80.9 Å². The Hall–Kier alpha value is -3.27. The first-order valence-electron chi connectivity index (χ1n) is 10.7. The van der Waals surface area contributed by atoms with Gasteiger partial charge in [-0.15, -0.1) is 0 Å². The van der Waals surface area contributed by atoms with Crippen LogP contribution < -0.4 is 15.4 Å². The predicted molar refractivity (Wildman–Crippen MR) is 116 cm³/mol. The summed E-state index contributed by atoms with van der Waals surface area (Å²) in [5.41, 5.74) is 1.61. The van der Waals surface area contributed by atoms with Gasteiger partial charge < -0.3 is 29.7 Å². The van der Waals surface area contributed by atoms with Gasteiger partial charge in [0.25, 0.3) is 0 Å². The average molecular weight is 447 g/mol. The minimum atomic E-state index is -0.649. The fourth-order valence-electron chi connectivity index (χ4n) is 3.77. The second-order valence-corrected chi connectivity index (χ2v) is 7.38. The number of nitrogens with zero attached hydrogens (tertiary/aromatic N) is 2. The van der Waals surface area contributed by atoms with Crippen molar-refractivity contribution >= 4 is 18.1 Å². The first kappa shape index (κ1) is 23.4. The van der Waals surface area contributed by atoms with Crippen molar-refractivity contribution in [3.8, 4) is 5.75 Å². The van der Waals surface area contributed by atoms with E-state index < -0.39 is 12.0 Å². The van der Waals surface area contributed by atoms with Crippen LogP contribution in [0, 0.1) is 0 Å². The van der Waals surface area contributed by atoms with Crippen molar-refractivity contribution in [2.24, 2.45) is 0 Å². The molecule has 1 aromatic rings. The molecule has 2 aliphatic heterocycles. The van der Waals surface area contributed by atoms with E-state index in [0.29, 0.717) is 56.4 Å². The van der Waals surface area contributed by atoms with E-state index >= 15 is 0 Å². The molecular weight excluding hydrogens is 416 g/mol. The van der Waals surface area contributed by atoms with E-state index in [-0.39, 0.29) is 18.7 Å². The van der Waals surface area contributed by atoms with Gasteiger partial charge in [-0.3, -0.25) is 4.90 Å². The maximum Gasteiger partial charge on any atom is 0.409 e. The second-order valence-electron chi connectivity index (χ2n) is 7.38. The van der Waals surface area contributed by atoms with Crippen LogP contribution in [0.15, 0.2) is 35.5 Å². The third-order valence-corrected chi connectivity index (χ3v) is 5.38. The van der Waals surface area contributed by atoms with E-state index in [0.717, 1.165) is 5.56 Å². The molecule has 0 saturated carbocycles. The Morgan fingerprint density at radius 3 is 2.28 bits per heavy atom. The number of methoxy groups -OCH3 is 1. The van der Waals surface area contributed by atoms with E-state index in [1.54, 1.807) is 38.0 Å². The fraction of sp³-hybridized carbons (Fsp3) is 0.500. The van der Waals surface area contributed by atoms with Crippen LogP contribution in [0.3, 0.4) is 0 Å². The molecule has 1 aromatic carbocycles. The van der Waals surface area contributed by atoms with Gasteiger partial charge in [0, 0.05) is 38.4 Å². The molecule has 0 spiro atoms. The zero-order chi connectivity index (χ0) is 23.1. The molecule has 3 amide bonds. The fourth-order valence-corrected chi connectivity index (χ4v) is 3.77. The number of carbonyl (C=O) groups excluding carboxylic acids is 3. The molecule has 32 heavy (non-hydrogen) atoms. The summed E-state index contributed by atoms with van der Waals surface area (Å²) in [4.78, 5) is 41.0. The molecule has 1 fully saturated rings. The highest BCUT2D eigenvalue weighted by Gasteiger charge is 2.35. The molecule has 10 nitrogen and oxygen atoms in total. The summed E-state index contributed by atoms with van der Waals surface area (Å²) in [5.74, 6) is 0.191. The van der Waals surface area contributed by atoms with Crippen molar-refractivity contribution in [3.05, 3.63) is 41.1 Å². The number of benzene rings is 1.